The predicted molar refractivity (Wildman–Crippen MR) is 73.3 cm³/mol. The number of halogens is 2. The van der Waals surface area contributed by atoms with Crippen LogP contribution in [-0.4, -0.2) is 37.0 Å². The van der Waals surface area contributed by atoms with Gasteiger partial charge >= 0.3 is 0 Å². The molecule has 2 N–H and O–H groups in total. The number of nitrogens with zero attached hydrogens (tertiary/aromatic N) is 1. The first-order valence-electron chi connectivity index (χ1n) is 6.00. The minimum Gasteiger partial charge on any atom is -0.494 e. The van der Waals surface area contributed by atoms with Crippen LogP contribution in [-0.2, 0) is 0 Å². The van der Waals surface area contributed by atoms with Crippen LogP contribution in [0.5, 0.6) is 5.75 Å². The SMILES string of the molecule is COc1ccc(C(=O)N2CCC[C@@H](N)C2)cc1F.Cl. The second-order valence-electron chi connectivity index (χ2n) is 4.50. The maximum Gasteiger partial charge on any atom is 0.254 e. The number of likely N-dealkylation sites (tertiary alicyclic amines) is 1. The number of nitrogens with two attached hydrogens (primary N) is 1. The molecule has 0 spiro atoms. The topological polar surface area (TPSA) is 55.6 Å². The fraction of sp³-hybridized carbons (Fsp3) is 0.462. The zero-order valence-electron chi connectivity index (χ0n) is 10.8. The van der Waals surface area contributed by atoms with Gasteiger partial charge in [0.05, 0.1) is 7.11 Å². The summed E-state index contributed by atoms with van der Waals surface area (Å²) >= 11 is 0. The van der Waals surface area contributed by atoms with E-state index >= 15 is 0 Å². The highest BCUT2D eigenvalue weighted by Gasteiger charge is 2.22. The Hall–Kier alpha value is -1.33. The molecule has 0 radical (unpaired) electrons. The lowest BCUT2D eigenvalue weighted by Gasteiger charge is -2.30. The predicted octanol–water partition coefficient (Wildman–Crippen LogP) is 1.82. The molecule has 0 aliphatic carbocycles. The van der Waals surface area contributed by atoms with E-state index in [1.54, 1.807) is 11.0 Å². The summed E-state index contributed by atoms with van der Waals surface area (Å²) in [6.07, 6.45) is 1.83. The van der Waals surface area contributed by atoms with Gasteiger partial charge in [0.2, 0.25) is 0 Å². The van der Waals surface area contributed by atoms with Crippen LogP contribution in [0, 0.1) is 5.82 Å². The van der Waals surface area contributed by atoms with Crippen LogP contribution >= 0.6 is 12.4 Å². The molecule has 1 saturated heterocycles. The smallest absolute Gasteiger partial charge is 0.254 e. The number of ether oxygens (including phenoxy) is 1. The number of carbonyl (C=O) groups is 1. The van der Waals surface area contributed by atoms with Crippen molar-refractivity contribution < 1.29 is 13.9 Å². The van der Waals surface area contributed by atoms with Crippen LogP contribution < -0.4 is 10.5 Å². The number of rotatable bonds is 2. The summed E-state index contributed by atoms with van der Waals surface area (Å²) in [6.45, 7) is 1.21. The van der Waals surface area contributed by atoms with Crippen molar-refractivity contribution in [3.63, 3.8) is 0 Å². The fourth-order valence-electron chi connectivity index (χ4n) is 2.18. The maximum atomic E-state index is 13.5. The van der Waals surface area contributed by atoms with Crippen molar-refractivity contribution in [1.29, 1.82) is 0 Å². The molecule has 4 nitrogen and oxygen atoms in total. The molecule has 0 bridgehead atoms. The number of piperidine rings is 1. The van der Waals surface area contributed by atoms with E-state index in [-0.39, 0.29) is 30.1 Å². The molecule has 6 heteroatoms. The Morgan fingerprint density at radius 2 is 2.26 bits per heavy atom. The zero-order valence-corrected chi connectivity index (χ0v) is 11.6. The number of benzene rings is 1. The van der Waals surface area contributed by atoms with Gasteiger partial charge < -0.3 is 15.4 Å². The fourth-order valence-corrected chi connectivity index (χ4v) is 2.18. The first-order chi connectivity index (χ1) is 8.61. The molecule has 19 heavy (non-hydrogen) atoms. The van der Waals surface area contributed by atoms with E-state index in [4.69, 9.17) is 10.5 Å². The molecule has 1 atom stereocenters. The van der Waals surface area contributed by atoms with Crippen LogP contribution in [0.2, 0.25) is 0 Å². The van der Waals surface area contributed by atoms with Crippen molar-refractivity contribution in [2.24, 2.45) is 5.73 Å². The van der Waals surface area contributed by atoms with E-state index in [0.717, 1.165) is 12.8 Å². The third-order valence-electron chi connectivity index (χ3n) is 3.14. The first kappa shape index (κ1) is 15.7. The molecular weight excluding hydrogens is 271 g/mol. The van der Waals surface area contributed by atoms with E-state index in [0.29, 0.717) is 18.7 Å². The zero-order chi connectivity index (χ0) is 13.1. The van der Waals surface area contributed by atoms with Gasteiger partial charge in [0.1, 0.15) is 0 Å². The van der Waals surface area contributed by atoms with Gasteiger partial charge in [-0.1, -0.05) is 0 Å². The standard InChI is InChI=1S/C13H17FN2O2.ClH/c1-18-12-5-4-9(7-11(12)14)13(17)16-6-2-3-10(15)8-16;/h4-5,7,10H,2-3,6,8,15H2,1H3;1H/t10-;/m1./s1. The molecule has 1 aromatic rings. The van der Waals surface area contributed by atoms with Crippen LogP contribution in [0.1, 0.15) is 23.2 Å². The van der Waals surface area contributed by atoms with Crippen molar-refractivity contribution in [3.05, 3.63) is 29.6 Å². The summed E-state index contributed by atoms with van der Waals surface area (Å²) in [5.74, 6) is -0.557. The maximum absolute atomic E-state index is 13.5. The summed E-state index contributed by atoms with van der Waals surface area (Å²) in [4.78, 5) is 13.8. The lowest BCUT2D eigenvalue weighted by molar-refractivity contribution is 0.0708. The molecular formula is C13H18ClFN2O2. The van der Waals surface area contributed by atoms with E-state index in [2.05, 4.69) is 0 Å². The Morgan fingerprint density at radius 3 is 2.84 bits per heavy atom. The molecule has 0 saturated carbocycles. The van der Waals surface area contributed by atoms with Gasteiger partial charge in [0.15, 0.2) is 11.6 Å². The van der Waals surface area contributed by atoms with Gasteiger partial charge in [-0.2, -0.15) is 0 Å². The van der Waals surface area contributed by atoms with Crippen LogP contribution in [0.25, 0.3) is 0 Å². The summed E-state index contributed by atoms with van der Waals surface area (Å²) in [7, 11) is 1.39. The first-order valence-corrected chi connectivity index (χ1v) is 6.00. The molecule has 0 aromatic heterocycles. The monoisotopic (exact) mass is 288 g/mol. The summed E-state index contributed by atoms with van der Waals surface area (Å²) in [5.41, 5.74) is 6.16. The Balaban J connectivity index is 0.00000180. The Morgan fingerprint density at radius 1 is 1.53 bits per heavy atom. The van der Waals surface area contributed by atoms with Gasteiger partial charge in [-0.25, -0.2) is 4.39 Å². The number of methoxy groups -OCH3 is 1. The second-order valence-corrected chi connectivity index (χ2v) is 4.50. The molecule has 1 amide bonds. The van der Waals surface area contributed by atoms with Gasteiger partial charge in [0.25, 0.3) is 5.91 Å². The molecule has 1 fully saturated rings. The largest absolute Gasteiger partial charge is 0.494 e. The molecule has 106 valence electrons. The number of amides is 1. The van der Waals surface area contributed by atoms with Crippen LogP contribution in [0.15, 0.2) is 18.2 Å². The Labute approximate surface area is 118 Å². The number of hydrogen-bond acceptors (Lipinski definition) is 3. The van der Waals surface area contributed by atoms with Crippen molar-refractivity contribution >= 4 is 18.3 Å². The van der Waals surface area contributed by atoms with E-state index in [1.807, 2.05) is 0 Å². The summed E-state index contributed by atoms with van der Waals surface area (Å²) < 4.78 is 18.4. The van der Waals surface area contributed by atoms with Gasteiger partial charge in [-0.05, 0) is 31.0 Å². The van der Waals surface area contributed by atoms with Crippen molar-refractivity contribution in [2.45, 2.75) is 18.9 Å². The molecule has 1 aliphatic heterocycles. The van der Waals surface area contributed by atoms with E-state index < -0.39 is 5.82 Å². The van der Waals surface area contributed by atoms with Crippen LogP contribution in [0.3, 0.4) is 0 Å². The quantitative estimate of drug-likeness (QED) is 0.903. The average Bonchev–Trinajstić information content (AvgIpc) is 2.37. The average molecular weight is 289 g/mol. The molecule has 1 aliphatic rings. The van der Waals surface area contributed by atoms with Gasteiger partial charge in [-0.3, -0.25) is 4.79 Å². The minimum atomic E-state index is -0.523. The number of hydrogen-bond donors (Lipinski definition) is 1. The van der Waals surface area contributed by atoms with Crippen molar-refractivity contribution in [2.75, 3.05) is 20.2 Å². The molecule has 1 aromatic carbocycles. The highest BCUT2D eigenvalue weighted by molar-refractivity contribution is 5.94. The molecule has 1 heterocycles. The molecule has 2 rings (SSSR count). The van der Waals surface area contributed by atoms with Gasteiger partial charge in [0, 0.05) is 24.7 Å². The van der Waals surface area contributed by atoms with E-state index in [1.165, 1.54) is 19.2 Å². The van der Waals surface area contributed by atoms with E-state index in [9.17, 15) is 9.18 Å². The van der Waals surface area contributed by atoms with Crippen molar-refractivity contribution in [3.8, 4) is 5.75 Å². The number of carbonyl (C=O) groups excluding carboxylic acids is 1. The Bertz CT molecular complexity index is 456. The lowest BCUT2D eigenvalue weighted by atomic mass is 10.1. The minimum absolute atomic E-state index is 0. The third-order valence-corrected chi connectivity index (χ3v) is 3.14. The van der Waals surface area contributed by atoms with Gasteiger partial charge in [-0.15, -0.1) is 12.4 Å². The lowest BCUT2D eigenvalue weighted by Crippen LogP contribution is -2.45. The summed E-state index contributed by atoms with van der Waals surface area (Å²) in [5, 5.41) is 0. The Kier molecular flexibility index (Phi) is 5.57. The molecule has 0 unspecified atom stereocenters. The normalized spacial score (nSPS) is 18.7. The third kappa shape index (κ3) is 3.58. The highest BCUT2D eigenvalue weighted by atomic mass is 35.5. The van der Waals surface area contributed by atoms with Crippen molar-refractivity contribution in [1.82, 2.24) is 4.90 Å². The van der Waals surface area contributed by atoms with Crippen LogP contribution in [0.4, 0.5) is 4.39 Å². The second kappa shape index (κ2) is 6.73. The highest BCUT2D eigenvalue weighted by Crippen LogP contribution is 2.20. The summed E-state index contributed by atoms with van der Waals surface area (Å²) in [6, 6.07) is 4.27.